The minimum Gasteiger partial charge on any atom is -0.308 e. The fourth-order valence-electron chi connectivity index (χ4n) is 1.56. The van der Waals surface area contributed by atoms with E-state index in [1.807, 2.05) is 6.07 Å². The zero-order chi connectivity index (χ0) is 10.0. The first-order valence-electron chi connectivity index (χ1n) is 5.19. The molecule has 0 aliphatic heterocycles. The Morgan fingerprint density at radius 2 is 2.36 bits per heavy atom. The molecule has 76 valence electrons. The Balaban J connectivity index is 1.83. The van der Waals surface area contributed by atoms with Crippen LogP contribution in [-0.4, -0.2) is 16.0 Å². The third-order valence-corrected chi connectivity index (χ3v) is 3.32. The third kappa shape index (κ3) is 2.10. The van der Waals surface area contributed by atoms with Crippen molar-refractivity contribution in [1.82, 2.24) is 15.3 Å². The van der Waals surface area contributed by atoms with Crippen molar-refractivity contribution in [2.45, 2.75) is 39.3 Å². The Morgan fingerprint density at radius 1 is 1.57 bits per heavy atom. The van der Waals surface area contributed by atoms with Gasteiger partial charge in [0.1, 0.15) is 6.33 Å². The molecule has 1 unspecified atom stereocenters. The van der Waals surface area contributed by atoms with Crippen molar-refractivity contribution >= 4 is 0 Å². The highest BCUT2D eigenvalue weighted by molar-refractivity contribution is 5.00. The summed E-state index contributed by atoms with van der Waals surface area (Å²) < 4.78 is 0. The summed E-state index contributed by atoms with van der Waals surface area (Å²) in [5.41, 5.74) is 1.60. The molecule has 1 aromatic rings. The molecule has 0 spiro atoms. The number of nitrogens with one attached hydrogen (secondary N) is 1. The maximum Gasteiger partial charge on any atom is 0.115 e. The Kier molecular flexibility index (Phi) is 2.50. The predicted octanol–water partition coefficient (Wildman–Crippen LogP) is 1.75. The van der Waals surface area contributed by atoms with E-state index in [1.54, 1.807) is 12.5 Å². The van der Waals surface area contributed by atoms with E-state index in [0.717, 1.165) is 12.2 Å². The van der Waals surface area contributed by atoms with Crippen molar-refractivity contribution in [2.75, 3.05) is 0 Å². The second kappa shape index (κ2) is 3.65. The zero-order valence-corrected chi connectivity index (χ0v) is 8.83. The molecule has 1 aromatic heterocycles. The second-order valence-corrected chi connectivity index (χ2v) is 4.46. The van der Waals surface area contributed by atoms with E-state index in [9.17, 15) is 0 Å². The summed E-state index contributed by atoms with van der Waals surface area (Å²) in [6, 6.07) is 2.53. The molecule has 1 atom stereocenters. The van der Waals surface area contributed by atoms with Crippen LogP contribution >= 0.6 is 0 Å². The lowest BCUT2D eigenvalue weighted by Crippen LogP contribution is -2.32. The van der Waals surface area contributed by atoms with Gasteiger partial charge in [-0.25, -0.2) is 9.97 Å². The molecule has 0 bridgehead atoms. The highest BCUT2D eigenvalue weighted by atomic mass is 15.0. The molecule has 0 amide bonds. The van der Waals surface area contributed by atoms with Crippen molar-refractivity contribution in [3.05, 3.63) is 24.3 Å². The van der Waals surface area contributed by atoms with Gasteiger partial charge in [-0.15, -0.1) is 0 Å². The highest BCUT2D eigenvalue weighted by Crippen LogP contribution is 2.47. The lowest BCUT2D eigenvalue weighted by Gasteiger charge is -2.19. The summed E-state index contributed by atoms with van der Waals surface area (Å²) in [6.07, 6.45) is 6.09. The second-order valence-electron chi connectivity index (χ2n) is 4.46. The Hall–Kier alpha value is -0.960. The van der Waals surface area contributed by atoms with Crippen LogP contribution in [0.3, 0.4) is 0 Å². The van der Waals surface area contributed by atoms with Crippen molar-refractivity contribution < 1.29 is 0 Å². The summed E-state index contributed by atoms with van der Waals surface area (Å²) in [5, 5.41) is 3.51. The van der Waals surface area contributed by atoms with Crippen LogP contribution in [0, 0.1) is 5.41 Å². The zero-order valence-electron chi connectivity index (χ0n) is 8.83. The van der Waals surface area contributed by atoms with Gasteiger partial charge in [0.05, 0.1) is 5.69 Å². The fraction of sp³-hybridized carbons (Fsp3) is 0.636. The number of hydrogen-bond donors (Lipinski definition) is 1. The van der Waals surface area contributed by atoms with Gasteiger partial charge in [-0.2, -0.15) is 0 Å². The summed E-state index contributed by atoms with van der Waals surface area (Å²) >= 11 is 0. The van der Waals surface area contributed by atoms with E-state index >= 15 is 0 Å². The molecular formula is C11H17N3. The minimum absolute atomic E-state index is 0.535. The van der Waals surface area contributed by atoms with Gasteiger partial charge in [0.15, 0.2) is 0 Å². The Labute approximate surface area is 85.0 Å². The summed E-state index contributed by atoms with van der Waals surface area (Å²) in [6.45, 7) is 5.44. The molecule has 1 heterocycles. The van der Waals surface area contributed by atoms with E-state index in [1.165, 1.54) is 12.8 Å². The van der Waals surface area contributed by atoms with Crippen molar-refractivity contribution in [3.8, 4) is 0 Å². The average molecular weight is 191 g/mol. The molecule has 0 aromatic carbocycles. The molecule has 3 heteroatoms. The lowest BCUT2D eigenvalue weighted by molar-refractivity contribution is 0.378. The molecule has 1 N–H and O–H groups in total. The van der Waals surface area contributed by atoms with Crippen LogP contribution < -0.4 is 5.32 Å². The van der Waals surface area contributed by atoms with Crippen LogP contribution in [0.15, 0.2) is 18.6 Å². The Morgan fingerprint density at radius 3 is 2.93 bits per heavy atom. The van der Waals surface area contributed by atoms with Gasteiger partial charge >= 0.3 is 0 Å². The first-order valence-corrected chi connectivity index (χ1v) is 5.19. The molecule has 1 aliphatic rings. The van der Waals surface area contributed by atoms with Crippen LogP contribution in [0.4, 0.5) is 0 Å². The normalized spacial score (nSPS) is 20.4. The first kappa shape index (κ1) is 9.59. The van der Waals surface area contributed by atoms with Crippen molar-refractivity contribution in [2.24, 2.45) is 5.41 Å². The maximum atomic E-state index is 4.18. The minimum atomic E-state index is 0.535. The molecule has 0 saturated heterocycles. The first-order chi connectivity index (χ1) is 6.71. The Bertz CT molecular complexity index is 293. The van der Waals surface area contributed by atoms with E-state index in [0.29, 0.717) is 11.5 Å². The molecule has 14 heavy (non-hydrogen) atoms. The number of hydrogen-bond acceptors (Lipinski definition) is 3. The molecule has 1 saturated carbocycles. The van der Waals surface area contributed by atoms with Gasteiger partial charge in [0.25, 0.3) is 0 Å². The molecular weight excluding hydrogens is 174 g/mol. The summed E-state index contributed by atoms with van der Waals surface area (Å²) in [4.78, 5) is 8.07. The topological polar surface area (TPSA) is 37.8 Å². The van der Waals surface area contributed by atoms with Gasteiger partial charge in [-0.3, -0.25) is 0 Å². The van der Waals surface area contributed by atoms with E-state index in [2.05, 4.69) is 29.1 Å². The number of aromatic nitrogens is 2. The van der Waals surface area contributed by atoms with Gasteiger partial charge in [-0.05, 0) is 31.2 Å². The van der Waals surface area contributed by atoms with Gasteiger partial charge in [0.2, 0.25) is 0 Å². The van der Waals surface area contributed by atoms with Crippen LogP contribution in [0.25, 0.3) is 0 Å². The van der Waals surface area contributed by atoms with E-state index in [4.69, 9.17) is 0 Å². The lowest BCUT2D eigenvalue weighted by atomic mass is 10.0. The molecule has 1 fully saturated rings. The van der Waals surface area contributed by atoms with Crippen LogP contribution in [0.1, 0.15) is 32.4 Å². The van der Waals surface area contributed by atoms with Crippen LogP contribution in [0.2, 0.25) is 0 Å². The van der Waals surface area contributed by atoms with Gasteiger partial charge < -0.3 is 5.32 Å². The SMILES string of the molecule is CC(NCc1ccncn1)C1(C)CC1. The number of rotatable bonds is 4. The van der Waals surface area contributed by atoms with E-state index in [-0.39, 0.29) is 0 Å². The quantitative estimate of drug-likeness (QED) is 0.788. The molecule has 2 rings (SSSR count). The van der Waals surface area contributed by atoms with Crippen molar-refractivity contribution in [3.63, 3.8) is 0 Å². The van der Waals surface area contributed by atoms with Crippen LogP contribution in [0.5, 0.6) is 0 Å². The third-order valence-electron chi connectivity index (χ3n) is 3.32. The average Bonchev–Trinajstić information content (AvgIpc) is 2.96. The summed E-state index contributed by atoms with van der Waals surface area (Å²) in [7, 11) is 0. The standard InChI is InChI=1S/C11H17N3/c1-9(11(2)4-5-11)13-7-10-3-6-12-8-14-10/h3,6,8-9,13H,4-5,7H2,1-2H3. The van der Waals surface area contributed by atoms with Crippen molar-refractivity contribution in [1.29, 1.82) is 0 Å². The molecule has 0 radical (unpaired) electrons. The molecule has 3 nitrogen and oxygen atoms in total. The monoisotopic (exact) mass is 191 g/mol. The van der Waals surface area contributed by atoms with E-state index < -0.39 is 0 Å². The smallest absolute Gasteiger partial charge is 0.115 e. The fourth-order valence-corrected chi connectivity index (χ4v) is 1.56. The predicted molar refractivity (Wildman–Crippen MR) is 55.7 cm³/mol. The van der Waals surface area contributed by atoms with Gasteiger partial charge in [-0.1, -0.05) is 6.92 Å². The maximum absolute atomic E-state index is 4.18. The largest absolute Gasteiger partial charge is 0.308 e. The van der Waals surface area contributed by atoms with Gasteiger partial charge in [0, 0.05) is 18.8 Å². The molecule has 1 aliphatic carbocycles. The highest BCUT2D eigenvalue weighted by Gasteiger charge is 2.42. The van der Waals surface area contributed by atoms with Crippen LogP contribution in [-0.2, 0) is 6.54 Å². The summed E-state index contributed by atoms with van der Waals surface area (Å²) in [5.74, 6) is 0. The number of nitrogens with zero attached hydrogens (tertiary/aromatic N) is 2.